The van der Waals surface area contributed by atoms with Crippen molar-refractivity contribution in [1.82, 2.24) is 14.7 Å². The van der Waals surface area contributed by atoms with Crippen LogP contribution in [0.4, 0.5) is 0 Å². The summed E-state index contributed by atoms with van der Waals surface area (Å²) in [5, 5.41) is 2.86. The summed E-state index contributed by atoms with van der Waals surface area (Å²) in [6.45, 7) is 2.26. The first-order valence-corrected chi connectivity index (χ1v) is 8.08. The average molecular weight is 355 g/mol. The molecule has 3 aromatic rings. The summed E-state index contributed by atoms with van der Waals surface area (Å²) in [6.07, 6.45) is 3.59. The number of pyridine rings is 1. The van der Waals surface area contributed by atoms with Crippen molar-refractivity contribution in [3.05, 3.63) is 53.5 Å². The third-order valence-corrected chi connectivity index (χ3v) is 4.07. The largest absolute Gasteiger partial charge is 0.496 e. The van der Waals surface area contributed by atoms with Crippen LogP contribution in [0.2, 0.25) is 0 Å². The number of benzene rings is 1. The normalized spacial score (nSPS) is 10.6. The van der Waals surface area contributed by atoms with Crippen LogP contribution in [0.15, 0.2) is 36.7 Å². The molecule has 136 valence electrons. The highest BCUT2D eigenvalue weighted by atomic mass is 16.5. The van der Waals surface area contributed by atoms with Crippen LogP contribution in [0.1, 0.15) is 21.6 Å². The molecule has 1 amide bonds. The fourth-order valence-electron chi connectivity index (χ4n) is 2.69. The number of methoxy groups -OCH3 is 3. The lowest BCUT2D eigenvalue weighted by Crippen LogP contribution is -2.23. The second-order valence-corrected chi connectivity index (χ2v) is 5.80. The van der Waals surface area contributed by atoms with Gasteiger partial charge in [0.05, 0.1) is 21.3 Å². The van der Waals surface area contributed by atoms with Crippen molar-refractivity contribution in [2.24, 2.45) is 0 Å². The summed E-state index contributed by atoms with van der Waals surface area (Å²) >= 11 is 0. The Labute approximate surface area is 151 Å². The monoisotopic (exact) mass is 355 g/mol. The molecule has 0 aliphatic rings. The van der Waals surface area contributed by atoms with Crippen LogP contribution >= 0.6 is 0 Å². The highest BCUT2D eigenvalue weighted by Crippen LogP contribution is 2.34. The number of carbonyl (C=O) groups excluding carboxylic acids is 1. The van der Waals surface area contributed by atoms with E-state index in [1.807, 2.05) is 29.7 Å². The molecule has 0 aliphatic carbocycles. The number of aromatic nitrogens is 2. The quantitative estimate of drug-likeness (QED) is 0.736. The molecule has 2 heterocycles. The number of ether oxygens (including phenoxy) is 3. The Hall–Kier alpha value is -3.22. The molecule has 0 spiro atoms. The summed E-state index contributed by atoms with van der Waals surface area (Å²) in [5.74, 6) is 1.48. The summed E-state index contributed by atoms with van der Waals surface area (Å²) in [4.78, 5) is 16.8. The first-order chi connectivity index (χ1) is 12.5. The lowest BCUT2D eigenvalue weighted by Gasteiger charge is -2.14. The molecule has 0 fully saturated rings. The number of hydrogen-bond donors (Lipinski definition) is 1. The second-order valence-electron chi connectivity index (χ2n) is 5.80. The van der Waals surface area contributed by atoms with Gasteiger partial charge in [-0.15, -0.1) is 0 Å². The number of nitrogens with one attached hydrogen (secondary N) is 1. The zero-order chi connectivity index (χ0) is 18.7. The van der Waals surface area contributed by atoms with Gasteiger partial charge >= 0.3 is 0 Å². The first kappa shape index (κ1) is 17.6. The van der Waals surface area contributed by atoms with Gasteiger partial charge < -0.3 is 23.9 Å². The molecule has 0 saturated heterocycles. The van der Waals surface area contributed by atoms with Crippen LogP contribution in [0, 0.1) is 6.92 Å². The van der Waals surface area contributed by atoms with Gasteiger partial charge in [0.1, 0.15) is 17.1 Å². The molecule has 0 aliphatic heterocycles. The summed E-state index contributed by atoms with van der Waals surface area (Å²) in [7, 11) is 4.69. The number of amides is 1. The highest BCUT2D eigenvalue weighted by molar-refractivity contribution is 5.92. The third kappa shape index (κ3) is 3.42. The highest BCUT2D eigenvalue weighted by Gasteiger charge is 2.15. The van der Waals surface area contributed by atoms with E-state index in [1.54, 1.807) is 39.7 Å². The number of rotatable bonds is 6. The maximum absolute atomic E-state index is 12.5. The van der Waals surface area contributed by atoms with E-state index in [-0.39, 0.29) is 12.5 Å². The Morgan fingerprint density at radius 1 is 1.08 bits per heavy atom. The van der Waals surface area contributed by atoms with Gasteiger partial charge in [0.25, 0.3) is 5.91 Å². The Balaban J connectivity index is 1.79. The molecule has 0 atom stereocenters. The molecule has 0 radical (unpaired) electrons. The fourth-order valence-corrected chi connectivity index (χ4v) is 2.69. The topological polar surface area (TPSA) is 74.1 Å². The van der Waals surface area contributed by atoms with Crippen LogP contribution in [-0.2, 0) is 6.54 Å². The lowest BCUT2D eigenvalue weighted by molar-refractivity contribution is 0.0946. The number of fused-ring (bicyclic) bond motifs is 1. The molecule has 0 bridgehead atoms. The van der Waals surface area contributed by atoms with Gasteiger partial charge in [0, 0.05) is 30.6 Å². The minimum atomic E-state index is -0.261. The SMILES string of the molecule is COc1cc(OC)c(OC)cc1CNC(=O)c1cn2ccc(C)cc2n1. The van der Waals surface area contributed by atoms with Gasteiger partial charge in [-0.1, -0.05) is 0 Å². The van der Waals surface area contributed by atoms with Crippen LogP contribution in [0.3, 0.4) is 0 Å². The van der Waals surface area contributed by atoms with Crippen LogP contribution in [0.25, 0.3) is 5.65 Å². The maximum atomic E-state index is 12.5. The molecule has 3 rings (SSSR count). The van der Waals surface area contributed by atoms with Gasteiger partial charge in [-0.05, 0) is 30.7 Å². The predicted molar refractivity (Wildman–Crippen MR) is 97.2 cm³/mol. The Kier molecular flexibility index (Phi) is 4.97. The van der Waals surface area contributed by atoms with Crippen molar-refractivity contribution < 1.29 is 19.0 Å². The number of imidazole rings is 1. The fraction of sp³-hybridized carbons (Fsp3) is 0.263. The van der Waals surface area contributed by atoms with Crippen molar-refractivity contribution in [2.75, 3.05) is 21.3 Å². The number of hydrogen-bond acceptors (Lipinski definition) is 5. The Morgan fingerprint density at radius 3 is 2.46 bits per heavy atom. The van der Waals surface area contributed by atoms with Gasteiger partial charge in [-0.2, -0.15) is 0 Å². The molecule has 7 nitrogen and oxygen atoms in total. The van der Waals surface area contributed by atoms with Gasteiger partial charge in [-0.25, -0.2) is 4.98 Å². The number of aryl methyl sites for hydroxylation is 1. The smallest absolute Gasteiger partial charge is 0.271 e. The minimum Gasteiger partial charge on any atom is -0.496 e. The average Bonchev–Trinajstić information content (AvgIpc) is 3.08. The van der Waals surface area contributed by atoms with Crippen LogP contribution < -0.4 is 19.5 Å². The molecule has 0 saturated carbocycles. The third-order valence-electron chi connectivity index (χ3n) is 4.07. The van der Waals surface area contributed by atoms with Crippen LogP contribution in [0.5, 0.6) is 17.2 Å². The Morgan fingerprint density at radius 2 is 1.77 bits per heavy atom. The molecule has 2 aromatic heterocycles. The molecule has 0 unspecified atom stereocenters. The molecular weight excluding hydrogens is 334 g/mol. The van der Waals surface area contributed by atoms with Gasteiger partial charge in [0.15, 0.2) is 11.5 Å². The summed E-state index contributed by atoms with van der Waals surface area (Å²) < 4.78 is 17.8. The van der Waals surface area contributed by atoms with Gasteiger partial charge in [-0.3, -0.25) is 4.79 Å². The van der Waals surface area contributed by atoms with E-state index >= 15 is 0 Å². The molecule has 1 aromatic carbocycles. The summed E-state index contributed by atoms with van der Waals surface area (Å²) in [6, 6.07) is 7.40. The van der Waals surface area contributed by atoms with E-state index in [2.05, 4.69) is 10.3 Å². The number of carbonyl (C=O) groups is 1. The van der Waals surface area contributed by atoms with Gasteiger partial charge in [0.2, 0.25) is 0 Å². The van der Waals surface area contributed by atoms with Crippen LogP contribution in [-0.4, -0.2) is 36.6 Å². The van der Waals surface area contributed by atoms with E-state index in [0.29, 0.717) is 22.9 Å². The zero-order valence-corrected chi connectivity index (χ0v) is 15.2. The number of nitrogens with zero attached hydrogens (tertiary/aromatic N) is 2. The molecule has 7 heteroatoms. The van der Waals surface area contributed by atoms with Crippen molar-refractivity contribution in [3.63, 3.8) is 0 Å². The van der Waals surface area contributed by atoms with E-state index in [1.165, 1.54) is 0 Å². The maximum Gasteiger partial charge on any atom is 0.271 e. The first-order valence-electron chi connectivity index (χ1n) is 8.08. The molecular formula is C19H21N3O4. The minimum absolute atomic E-state index is 0.261. The Bertz CT molecular complexity index is 949. The zero-order valence-electron chi connectivity index (χ0n) is 15.2. The standard InChI is InChI=1S/C19H21N3O4/c1-12-5-6-22-11-14(21-18(22)7-12)19(23)20-10-13-8-16(25-3)17(26-4)9-15(13)24-2/h5-9,11H,10H2,1-4H3,(H,20,23). The molecule has 26 heavy (non-hydrogen) atoms. The lowest BCUT2D eigenvalue weighted by atomic mass is 10.1. The molecule has 1 N–H and O–H groups in total. The van der Waals surface area contributed by atoms with E-state index in [4.69, 9.17) is 14.2 Å². The summed E-state index contributed by atoms with van der Waals surface area (Å²) in [5.41, 5.74) is 2.96. The predicted octanol–water partition coefficient (Wildman–Crippen LogP) is 2.60. The van der Waals surface area contributed by atoms with Crippen molar-refractivity contribution in [2.45, 2.75) is 13.5 Å². The second kappa shape index (κ2) is 7.35. The van der Waals surface area contributed by atoms with Crippen molar-refractivity contribution >= 4 is 11.6 Å². The van der Waals surface area contributed by atoms with E-state index < -0.39 is 0 Å². The van der Waals surface area contributed by atoms with E-state index in [9.17, 15) is 4.79 Å². The van der Waals surface area contributed by atoms with Crippen molar-refractivity contribution in [1.29, 1.82) is 0 Å². The van der Waals surface area contributed by atoms with Crippen molar-refractivity contribution in [3.8, 4) is 17.2 Å². The van der Waals surface area contributed by atoms with E-state index in [0.717, 1.165) is 16.8 Å².